The number of anilines is 2. The first-order valence-corrected chi connectivity index (χ1v) is 15.1. The minimum absolute atomic E-state index is 0.133. The Morgan fingerprint density at radius 2 is 1.93 bits per heavy atom. The molecule has 2 fully saturated rings. The summed E-state index contributed by atoms with van der Waals surface area (Å²) in [6, 6.07) is 17.8. The number of piperazine rings is 1. The fourth-order valence-electron chi connectivity index (χ4n) is 6.70. The van der Waals surface area contributed by atoms with E-state index in [2.05, 4.69) is 76.9 Å². The van der Waals surface area contributed by atoms with Gasteiger partial charge >= 0.3 is 6.01 Å². The van der Waals surface area contributed by atoms with Gasteiger partial charge in [0.1, 0.15) is 12.4 Å². The van der Waals surface area contributed by atoms with Gasteiger partial charge in [0.05, 0.1) is 30.8 Å². The van der Waals surface area contributed by atoms with Gasteiger partial charge in [-0.15, -0.1) is 0 Å². The average Bonchev–Trinajstić information content (AvgIpc) is 3.31. The molecular formula is C33H39N7O2. The number of nitriles is 1. The van der Waals surface area contributed by atoms with Gasteiger partial charge in [0, 0.05) is 48.9 Å². The fraction of sp³-hybridized carbons (Fsp3) is 0.455. The molecule has 218 valence electrons. The van der Waals surface area contributed by atoms with Crippen LogP contribution in [0.15, 0.2) is 55.1 Å². The summed E-state index contributed by atoms with van der Waals surface area (Å²) in [7, 11) is 2.14. The number of likely N-dealkylation sites (N-methyl/N-ethyl adjacent to an activating group) is 1. The molecule has 3 aromatic rings. The van der Waals surface area contributed by atoms with Crippen molar-refractivity contribution < 1.29 is 9.53 Å². The second-order valence-electron chi connectivity index (χ2n) is 11.6. The molecule has 1 aromatic heterocycles. The van der Waals surface area contributed by atoms with E-state index in [0.29, 0.717) is 44.8 Å². The van der Waals surface area contributed by atoms with E-state index in [1.807, 2.05) is 0 Å². The fourth-order valence-corrected chi connectivity index (χ4v) is 6.70. The van der Waals surface area contributed by atoms with Crippen LogP contribution < -0.4 is 14.5 Å². The predicted molar refractivity (Wildman–Crippen MR) is 165 cm³/mol. The van der Waals surface area contributed by atoms with Gasteiger partial charge in [-0.3, -0.25) is 4.79 Å². The van der Waals surface area contributed by atoms with Gasteiger partial charge in [-0.1, -0.05) is 43.0 Å². The minimum atomic E-state index is -0.227. The van der Waals surface area contributed by atoms with Crippen molar-refractivity contribution in [2.45, 2.75) is 50.7 Å². The number of likely N-dealkylation sites (tertiary alicyclic amines) is 1. The number of fused-ring (bicyclic) bond motifs is 2. The van der Waals surface area contributed by atoms with Gasteiger partial charge < -0.3 is 24.3 Å². The number of hydrogen-bond acceptors (Lipinski definition) is 8. The number of benzene rings is 2. The van der Waals surface area contributed by atoms with Crippen LogP contribution in [-0.2, 0) is 17.8 Å². The lowest BCUT2D eigenvalue weighted by Gasteiger charge is -2.41. The lowest BCUT2D eigenvalue weighted by atomic mass is 10.1. The third kappa shape index (κ3) is 5.64. The first-order chi connectivity index (χ1) is 20.6. The highest BCUT2D eigenvalue weighted by Gasteiger charge is 2.33. The molecule has 6 rings (SSSR count). The number of hydrogen-bond donors (Lipinski definition) is 0. The molecule has 2 atom stereocenters. The highest BCUT2D eigenvalue weighted by molar-refractivity contribution is 5.94. The summed E-state index contributed by atoms with van der Waals surface area (Å²) in [5, 5.41) is 12.0. The molecular weight excluding hydrogens is 526 g/mol. The number of rotatable bonds is 7. The molecule has 0 N–H and O–H groups in total. The number of carbonyl (C=O) groups is 1. The summed E-state index contributed by atoms with van der Waals surface area (Å²) in [6.07, 6.45) is 5.70. The van der Waals surface area contributed by atoms with Crippen LogP contribution in [0.2, 0.25) is 0 Å². The van der Waals surface area contributed by atoms with Crippen LogP contribution in [0.25, 0.3) is 10.8 Å². The monoisotopic (exact) mass is 565 g/mol. The van der Waals surface area contributed by atoms with Crippen molar-refractivity contribution in [2.24, 2.45) is 0 Å². The number of carbonyl (C=O) groups excluding carboxylic acids is 1. The Balaban J connectivity index is 1.35. The van der Waals surface area contributed by atoms with Gasteiger partial charge in [-0.05, 0) is 56.8 Å². The maximum atomic E-state index is 12.6. The molecule has 2 aromatic carbocycles. The van der Waals surface area contributed by atoms with Crippen LogP contribution in [0.4, 0.5) is 11.5 Å². The van der Waals surface area contributed by atoms with Crippen molar-refractivity contribution in [2.75, 3.05) is 56.2 Å². The quantitative estimate of drug-likeness (QED) is 0.395. The largest absolute Gasteiger partial charge is 0.462 e. The van der Waals surface area contributed by atoms with Crippen molar-refractivity contribution >= 4 is 28.2 Å². The van der Waals surface area contributed by atoms with Crippen LogP contribution >= 0.6 is 0 Å². The van der Waals surface area contributed by atoms with Gasteiger partial charge in [0.2, 0.25) is 5.91 Å². The van der Waals surface area contributed by atoms with E-state index in [4.69, 9.17) is 14.7 Å². The molecule has 4 heterocycles. The Kier molecular flexibility index (Phi) is 8.24. The predicted octanol–water partition coefficient (Wildman–Crippen LogP) is 4.17. The molecule has 9 heteroatoms. The molecule has 0 unspecified atom stereocenters. The zero-order valence-corrected chi connectivity index (χ0v) is 24.4. The standard InChI is InChI=1S/C33H39N7O2/c1-3-31(41)40-20-19-39(21-25(40)15-16-34)32-28-13-8-18-38(30-14-6-10-24-9-4-5-12-27(24)30)22-29(28)35-33(36-32)42-23-26-11-7-17-37(26)2/h3-6,9-10,12,14,25-26H,1,7-8,11,13,15,17-23H2,2H3/t25-,26-/m0/s1. The van der Waals surface area contributed by atoms with Crippen LogP contribution in [0.5, 0.6) is 6.01 Å². The van der Waals surface area contributed by atoms with Crippen LogP contribution in [-0.4, -0.2) is 84.1 Å². The van der Waals surface area contributed by atoms with E-state index in [1.165, 1.54) is 29.0 Å². The molecule has 2 saturated heterocycles. The minimum Gasteiger partial charge on any atom is -0.462 e. The van der Waals surface area contributed by atoms with Crippen molar-refractivity contribution in [1.29, 1.82) is 5.26 Å². The zero-order chi connectivity index (χ0) is 29.1. The van der Waals surface area contributed by atoms with Gasteiger partial charge in [-0.25, -0.2) is 0 Å². The molecule has 0 bridgehead atoms. The van der Waals surface area contributed by atoms with Crippen molar-refractivity contribution in [3.05, 3.63) is 66.4 Å². The Morgan fingerprint density at radius 1 is 1.07 bits per heavy atom. The summed E-state index contributed by atoms with van der Waals surface area (Å²) in [4.78, 5) is 31.4. The normalized spacial score (nSPS) is 21.1. The van der Waals surface area contributed by atoms with Crippen LogP contribution in [0.3, 0.4) is 0 Å². The topological polar surface area (TPSA) is 88.8 Å². The van der Waals surface area contributed by atoms with E-state index in [-0.39, 0.29) is 18.4 Å². The van der Waals surface area contributed by atoms with E-state index in [1.54, 1.807) is 4.90 Å². The van der Waals surface area contributed by atoms with E-state index >= 15 is 0 Å². The summed E-state index contributed by atoms with van der Waals surface area (Å²) in [5.74, 6) is 0.745. The molecule has 3 aliphatic heterocycles. The zero-order valence-electron chi connectivity index (χ0n) is 24.4. The number of ether oxygens (including phenoxy) is 1. The van der Waals surface area contributed by atoms with Gasteiger partial charge in [-0.2, -0.15) is 15.2 Å². The summed E-state index contributed by atoms with van der Waals surface area (Å²) in [6.45, 7) is 8.55. The second-order valence-corrected chi connectivity index (χ2v) is 11.6. The molecule has 0 saturated carbocycles. The Bertz CT molecular complexity index is 1500. The van der Waals surface area contributed by atoms with Gasteiger partial charge in [0.15, 0.2) is 0 Å². The van der Waals surface area contributed by atoms with E-state index in [9.17, 15) is 10.1 Å². The molecule has 1 amide bonds. The lowest BCUT2D eigenvalue weighted by Crippen LogP contribution is -2.55. The third-order valence-electron chi connectivity index (χ3n) is 9.00. The lowest BCUT2D eigenvalue weighted by molar-refractivity contribution is -0.128. The Morgan fingerprint density at radius 3 is 2.74 bits per heavy atom. The maximum absolute atomic E-state index is 12.6. The van der Waals surface area contributed by atoms with Crippen LogP contribution in [0, 0.1) is 11.3 Å². The van der Waals surface area contributed by atoms with E-state index < -0.39 is 0 Å². The smallest absolute Gasteiger partial charge is 0.318 e. The number of nitrogens with zero attached hydrogens (tertiary/aromatic N) is 7. The van der Waals surface area contributed by atoms with Gasteiger partial charge in [0.25, 0.3) is 0 Å². The molecule has 0 spiro atoms. The highest BCUT2D eigenvalue weighted by atomic mass is 16.5. The molecule has 0 radical (unpaired) electrons. The number of amides is 1. The third-order valence-corrected chi connectivity index (χ3v) is 9.00. The summed E-state index contributed by atoms with van der Waals surface area (Å²) >= 11 is 0. The van der Waals surface area contributed by atoms with Crippen molar-refractivity contribution in [3.8, 4) is 12.1 Å². The molecule has 3 aliphatic rings. The average molecular weight is 566 g/mol. The molecule has 0 aliphatic carbocycles. The Labute approximate surface area is 248 Å². The summed E-state index contributed by atoms with van der Waals surface area (Å²) in [5.41, 5.74) is 3.34. The summed E-state index contributed by atoms with van der Waals surface area (Å²) < 4.78 is 6.32. The molecule has 9 nitrogen and oxygen atoms in total. The van der Waals surface area contributed by atoms with E-state index in [0.717, 1.165) is 49.4 Å². The van der Waals surface area contributed by atoms with Crippen LogP contribution in [0.1, 0.15) is 36.9 Å². The first-order valence-electron chi connectivity index (χ1n) is 15.1. The Hall–Kier alpha value is -4.16. The first kappa shape index (κ1) is 28.0. The molecule has 42 heavy (non-hydrogen) atoms. The maximum Gasteiger partial charge on any atom is 0.318 e. The highest BCUT2D eigenvalue weighted by Crippen LogP contribution is 2.34. The van der Waals surface area contributed by atoms with Crippen molar-refractivity contribution in [3.63, 3.8) is 0 Å². The van der Waals surface area contributed by atoms with Crippen molar-refractivity contribution in [1.82, 2.24) is 19.8 Å². The SMILES string of the molecule is C=CC(=O)N1CCN(c2nc(OC[C@@H]3CCCN3C)nc3c2CCCN(c2cccc4ccccc24)C3)C[C@@H]1CC#N. The second kappa shape index (κ2) is 12.4. The number of aromatic nitrogens is 2.